The van der Waals surface area contributed by atoms with Crippen LogP contribution in [0.15, 0.2) is 93.7 Å². The lowest BCUT2D eigenvalue weighted by molar-refractivity contribution is 0.603. The van der Waals surface area contributed by atoms with Crippen molar-refractivity contribution in [3.63, 3.8) is 0 Å². The van der Waals surface area contributed by atoms with Gasteiger partial charge in [-0.25, -0.2) is 12.8 Å². The molecule has 30 heavy (non-hydrogen) atoms. The molecule has 0 aliphatic heterocycles. The molecule has 3 aromatic rings. The first kappa shape index (κ1) is 21.9. The number of nitrogens with zero attached hydrogens (tertiary/aromatic N) is 1. The van der Waals surface area contributed by atoms with Crippen LogP contribution in [-0.4, -0.2) is 8.42 Å². The van der Waals surface area contributed by atoms with Gasteiger partial charge in [-0.15, -0.1) is 11.8 Å². The Morgan fingerprint density at radius 1 is 1.03 bits per heavy atom. The van der Waals surface area contributed by atoms with Crippen molar-refractivity contribution < 1.29 is 12.8 Å². The van der Waals surface area contributed by atoms with Gasteiger partial charge in [-0.3, -0.25) is 0 Å². The Kier molecular flexibility index (Phi) is 7.16. The SMILES string of the molecule is N#C/C(=C(/Nc1cccc(Cl)c1)SCc1ccccc1F)S(=O)(=O)c1ccccc1. The first-order valence-electron chi connectivity index (χ1n) is 8.75. The van der Waals surface area contributed by atoms with Crippen molar-refractivity contribution in [1.29, 1.82) is 5.26 Å². The molecule has 0 aliphatic rings. The number of hydrogen-bond donors (Lipinski definition) is 1. The number of nitriles is 1. The molecule has 0 fully saturated rings. The fourth-order valence-corrected chi connectivity index (χ4v) is 5.33. The Labute approximate surface area is 183 Å². The van der Waals surface area contributed by atoms with Crippen molar-refractivity contribution >= 4 is 38.9 Å². The van der Waals surface area contributed by atoms with Gasteiger partial charge in [-0.05, 0) is 42.0 Å². The first-order valence-corrected chi connectivity index (χ1v) is 11.6. The molecular formula is C22H16ClFN2O2S2. The third-order valence-electron chi connectivity index (χ3n) is 4.04. The van der Waals surface area contributed by atoms with E-state index in [1.54, 1.807) is 60.7 Å². The second-order valence-corrected chi connectivity index (χ2v) is 9.41. The molecule has 3 aromatic carbocycles. The smallest absolute Gasteiger partial charge is 0.219 e. The highest BCUT2D eigenvalue weighted by molar-refractivity contribution is 8.04. The fourth-order valence-electron chi connectivity index (χ4n) is 2.57. The van der Waals surface area contributed by atoms with Crippen LogP contribution in [0.4, 0.5) is 10.1 Å². The van der Waals surface area contributed by atoms with E-state index >= 15 is 0 Å². The fraction of sp³-hybridized carbons (Fsp3) is 0.0455. The molecule has 0 aliphatic carbocycles. The number of hydrogen-bond acceptors (Lipinski definition) is 5. The Morgan fingerprint density at radius 2 is 1.73 bits per heavy atom. The van der Waals surface area contributed by atoms with Gasteiger partial charge in [0.05, 0.1) is 4.90 Å². The van der Waals surface area contributed by atoms with E-state index in [-0.39, 0.29) is 15.7 Å². The average Bonchev–Trinajstić information content (AvgIpc) is 2.74. The molecule has 0 spiro atoms. The van der Waals surface area contributed by atoms with E-state index in [4.69, 9.17) is 11.6 Å². The van der Waals surface area contributed by atoms with E-state index < -0.39 is 20.6 Å². The van der Waals surface area contributed by atoms with Crippen molar-refractivity contribution in [2.45, 2.75) is 10.6 Å². The quantitative estimate of drug-likeness (QED) is 0.440. The molecule has 0 saturated heterocycles. The van der Waals surface area contributed by atoms with Crippen molar-refractivity contribution in [3.05, 3.63) is 105 Å². The number of sulfone groups is 1. The van der Waals surface area contributed by atoms with Crippen molar-refractivity contribution in [2.24, 2.45) is 0 Å². The summed E-state index contributed by atoms with van der Waals surface area (Å²) < 4.78 is 40.3. The van der Waals surface area contributed by atoms with E-state index in [9.17, 15) is 18.1 Å². The summed E-state index contributed by atoms with van der Waals surface area (Å²) in [6.45, 7) is 0. The zero-order valence-corrected chi connectivity index (χ0v) is 17.9. The minimum absolute atomic E-state index is 0.00145. The van der Waals surface area contributed by atoms with Gasteiger partial charge in [0.1, 0.15) is 16.9 Å². The van der Waals surface area contributed by atoms with Gasteiger partial charge in [0.2, 0.25) is 9.84 Å². The highest BCUT2D eigenvalue weighted by atomic mass is 35.5. The van der Waals surface area contributed by atoms with Crippen LogP contribution in [0.1, 0.15) is 5.56 Å². The molecule has 3 rings (SSSR count). The molecule has 0 radical (unpaired) electrons. The minimum atomic E-state index is -4.09. The van der Waals surface area contributed by atoms with Crippen LogP contribution >= 0.6 is 23.4 Å². The molecule has 0 bridgehead atoms. The summed E-state index contributed by atoms with van der Waals surface area (Å²) in [4.78, 5) is -0.451. The molecule has 0 aromatic heterocycles. The first-order chi connectivity index (χ1) is 14.4. The molecule has 8 heteroatoms. The standard InChI is InChI=1S/C22H16ClFN2O2S2/c23-17-8-6-9-18(13-17)26-22(29-15-16-7-4-5-12-20(16)24)21(14-25)30(27,28)19-10-2-1-3-11-19/h1-13,26H,15H2/b22-21+. The number of thioether (sulfide) groups is 1. The lowest BCUT2D eigenvalue weighted by Crippen LogP contribution is -2.10. The Hall–Kier alpha value is -2.79. The average molecular weight is 459 g/mol. The van der Waals surface area contributed by atoms with Crippen LogP contribution in [0.3, 0.4) is 0 Å². The largest absolute Gasteiger partial charge is 0.348 e. The second kappa shape index (κ2) is 9.81. The molecule has 0 unspecified atom stereocenters. The van der Waals surface area contributed by atoms with Crippen LogP contribution in [0.2, 0.25) is 5.02 Å². The second-order valence-electron chi connectivity index (χ2n) is 6.10. The molecular weight excluding hydrogens is 443 g/mol. The topological polar surface area (TPSA) is 70.0 Å². The summed E-state index contributed by atoms with van der Waals surface area (Å²) >= 11 is 7.05. The Morgan fingerprint density at radius 3 is 2.40 bits per heavy atom. The summed E-state index contributed by atoms with van der Waals surface area (Å²) in [6.07, 6.45) is 0. The van der Waals surface area contributed by atoms with E-state index in [1.165, 1.54) is 18.2 Å². The predicted molar refractivity (Wildman–Crippen MR) is 119 cm³/mol. The maximum absolute atomic E-state index is 14.1. The number of allylic oxidation sites excluding steroid dienone is 1. The van der Waals surface area contributed by atoms with Crippen molar-refractivity contribution in [3.8, 4) is 6.07 Å². The van der Waals surface area contributed by atoms with Gasteiger partial charge in [-0.1, -0.05) is 54.1 Å². The lowest BCUT2D eigenvalue weighted by Gasteiger charge is -2.14. The third kappa shape index (κ3) is 5.22. The number of anilines is 1. The highest BCUT2D eigenvalue weighted by Gasteiger charge is 2.25. The maximum atomic E-state index is 14.1. The van der Waals surface area contributed by atoms with Crippen LogP contribution < -0.4 is 5.32 Å². The third-order valence-corrected chi connectivity index (χ3v) is 7.18. The zero-order chi connectivity index (χ0) is 21.6. The Balaban J connectivity index is 2.06. The van der Waals surface area contributed by atoms with Crippen LogP contribution in [0.5, 0.6) is 0 Å². The molecule has 152 valence electrons. The molecule has 0 atom stereocenters. The monoisotopic (exact) mass is 458 g/mol. The summed E-state index contributed by atoms with van der Waals surface area (Å²) in [5.41, 5.74) is 0.900. The summed E-state index contributed by atoms with van der Waals surface area (Å²) in [5, 5.41) is 13.2. The van der Waals surface area contributed by atoms with E-state index in [2.05, 4.69) is 5.32 Å². The minimum Gasteiger partial charge on any atom is -0.348 e. The maximum Gasteiger partial charge on any atom is 0.219 e. The highest BCUT2D eigenvalue weighted by Crippen LogP contribution is 2.32. The van der Waals surface area contributed by atoms with Crippen molar-refractivity contribution in [1.82, 2.24) is 0 Å². The molecule has 4 nitrogen and oxygen atoms in total. The molecule has 0 amide bonds. The molecule has 0 saturated carbocycles. The number of rotatable bonds is 7. The number of benzene rings is 3. The van der Waals surface area contributed by atoms with Crippen LogP contribution in [-0.2, 0) is 15.6 Å². The Bertz CT molecular complexity index is 1220. The summed E-state index contributed by atoms with van der Waals surface area (Å²) in [6, 6.07) is 22.4. The summed E-state index contributed by atoms with van der Waals surface area (Å²) in [5.74, 6) is -0.276. The lowest BCUT2D eigenvalue weighted by atomic mass is 10.2. The molecule has 0 heterocycles. The van der Waals surface area contributed by atoms with Crippen molar-refractivity contribution in [2.75, 3.05) is 5.32 Å². The van der Waals surface area contributed by atoms with E-state index in [1.807, 2.05) is 6.07 Å². The van der Waals surface area contributed by atoms with Gasteiger partial charge in [0.15, 0.2) is 4.91 Å². The van der Waals surface area contributed by atoms with Crippen LogP contribution in [0.25, 0.3) is 0 Å². The van der Waals surface area contributed by atoms with Crippen LogP contribution in [0, 0.1) is 17.1 Å². The zero-order valence-electron chi connectivity index (χ0n) is 15.5. The van der Waals surface area contributed by atoms with Gasteiger partial charge < -0.3 is 5.32 Å². The van der Waals surface area contributed by atoms with E-state index in [0.29, 0.717) is 16.3 Å². The number of halogens is 2. The van der Waals surface area contributed by atoms with E-state index in [0.717, 1.165) is 11.8 Å². The normalized spacial score (nSPS) is 12.0. The van der Waals surface area contributed by atoms with Gasteiger partial charge in [0, 0.05) is 16.5 Å². The van der Waals surface area contributed by atoms with Gasteiger partial charge in [0.25, 0.3) is 0 Å². The van der Waals surface area contributed by atoms with Gasteiger partial charge >= 0.3 is 0 Å². The predicted octanol–water partition coefficient (Wildman–Crippen LogP) is 5.99. The number of nitrogens with one attached hydrogen (secondary N) is 1. The molecule has 1 N–H and O–H groups in total. The van der Waals surface area contributed by atoms with Gasteiger partial charge in [-0.2, -0.15) is 5.26 Å². The summed E-state index contributed by atoms with van der Waals surface area (Å²) in [7, 11) is -4.09.